The number of hydrogen-bond acceptors (Lipinski definition) is 4. The number of H-pyrrole nitrogens is 1. The lowest BCUT2D eigenvalue weighted by Crippen LogP contribution is -2.40. The van der Waals surface area contributed by atoms with E-state index in [4.69, 9.17) is 0 Å². The van der Waals surface area contributed by atoms with E-state index < -0.39 is 15.3 Å². The molecule has 1 aromatic carbocycles. The van der Waals surface area contributed by atoms with Crippen LogP contribution in [0.2, 0.25) is 0 Å². The van der Waals surface area contributed by atoms with Crippen molar-refractivity contribution in [3.63, 3.8) is 0 Å². The first-order valence-corrected chi connectivity index (χ1v) is 11.5. The molecule has 2 aromatic heterocycles. The Morgan fingerprint density at radius 1 is 1.14 bits per heavy atom. The second kappa shape index (κ2) is 7.84. The molecule has 154 valence electrons. The average Bonchev–Trinajstić information content (AvgIpc) is 3.12. The Labute approximate surface area is 170 Å². The minimum atomic E-state index is -3.23. The highest BCUT2D eigenvalue weighted by molar-refractivity contribution is 7.90. The highest BCUT2D eigenvalue weighted by atomic mass is 32.2. The Morgan fingerprint density at radius 2 is 1.83 bits per heavy atom. The summed E-state index contributed by atoms with van der Waals surface area (Å²) in [5.41, 5.74) is 3.58. The van der Waals surface area contributed by atoms with Crippen LogP contribution in [0, 0.1) is 5.82 Å². The maximum Gasteiger partial charge on any atom is 0.214 e. The number of fused-ring (bicyclic) bond motifs is 1. The van der Waals surface area contributed by atoms with E-state index in [-0.39, 0.29) is 11.9 Å². The van der Waals surface area contributed by atoms with Crippen LogP contribution in [0.3, 0.4) is 0 Å². The van der Waals surface area contributed by atoms with E-state index in [1.54, 1.807) is 32.2 Å². The van der Waals surface area contributed by atoms with Crippen LogP contribution in [0.5, 0.6) is 0 Å². The van der Waals surface area contributed by atoms with Gasteiger partial charge in [-0.3, -0.25) is 0 Å². The van der Waals surface area contributed by atoms with Crippen LogP contribution < -0.4 is 4.72 Å². The Balaban J connectivity index is 1.47. The van der Waals surface area contributed by atoms with E-state index in [9.17, 15) is 12.8 Å². The third-order valence-electron chi connectivity index (χ3n) is 5.61. The highest BCUT2D eigenvalue weighted by Gasteiger charge is 2.27. The summed E-state index contributed by atoms with van der Waals surface area (Å²) in [6.07, 6.45) is 5.22. The van der Waals surface area contributed by atoms with Crippen molar-refractivity contribution in [3.05, 3.63) is 48.0 Å². The first kappa shape index (κ1) is 20.0. The van der Waals surface area contributed by atoms with E-state index >= 15 is 0 Å². The number of rotatable bonds is 5. The summed E-state index contributed by atoms with van der Waals surface area (Å²) in [4.78, 5) is 12.4. The van der Waals surface area contributed by atoms with Crippen molar-refractivity contribution in [1.82, 2.24) is 19.7 Å². The number of halogens is 1. The number of aromatic nitrogens is 3. The van der Waals surface area contributed by atoms with Crippen LogP contribution in [-0.4, -0.2) is 34.7 Å². The summed E-state index contributed by atoms with van der Waals surface area (Å²) in [5, 5.41) is -0.414. The van der Waals surface area contributed by atoms with Crippen LogP contribution in [0.1, 0.15) is 51.1 Å². The summed E-state index contributed by atoms with van der Waals surface area (Å²) in [6.45, 7) is 3.39. The van der Waals surface area contributed by atoms with Gasteiger partial charge in [0.05, 0.1) is 22.5 Å². The molecule has 0 spiro atoms. The fourth-order valence-corrected chi connectivity index (χ4v) is 4.76. The Kier molecular flexibility index (Phi) is 5.40. The summed E-state index contributed by atoms with van der Waals surface area (Å²) < 4.78 is 40.1. The number of benzene rings is 1. The van der Waals surface area contributed by atoms with Gasteiger partial charge in [0.25, 0.3) is 0 Å². The number of nitrogens with zero attached hydrogens (tertiary/aromatic N) is 2. The van der Waals surface area contributed by atoms with Crippen molar-refractivity contribution in [2.45, 2.75) is 56.7 Å². The van der Waals surface area contributed by atoms with Crippen molar-refractivity contribution < 1.29 is 12.8 Å². The quantitative estimate of drug-likeness (QED) is 0.655. The first-order valence-electron chi connectivity index (χ1n) is 9.94. The lowest BCUT2D eigenvalue weighted by atomic mass is 9.84. The van der Waals surface area contributed by atoms with Crippen molar-refractivity contribution >= 4 is 21.1 Å². The second-order valence-corrected chi connectivity index (χ2v) is 10.3. The third-order valence-corrected chi connectivity index (χ3v) is 7.51. The predicted molar refractivity (Wildman–Crippen MR) is 111 cm³/mol. The SMILES string of the molecule is CC(C)S(=O)(=O)NC1CCC(c2cc3nc(-c4ccc(F)cc4)ncc3[nH]2)CC1. The molecule has 4 rings (SSSR count). The van der Waals surface area contributed by atoms with Crippen LogP contribution in [0.25, 0.3) is 22.4 Å². The molecule has 6 nitrogen and oxygen atoms in total. The number of sulfonamides is 1. The smallest absolute Gasteiger partial charge is 0.214 e. The Morgan fingerprint density at radius 3 is 2.48 bits per heavy atom. The molecule has 1 aliphatic rings. The molecule has 0 bridgehead atoms. The van der Waals surface area contributed by atoms with Crippen LogP contribution in [0.4, 0.5) is 4.39 Å². The summed E-state index contributed by atoms with van der Waals surface area (Å²) in [5.74, 6) is 0.623. The van der Waals surface area contributed by atoms with E-state index in [1.807, 2.05) is 6.07 Å². The fraction of sp³-hybridized carbons (Fsp3) is 0.429. The second-order valence-electron chi connectivity index (χ2n) is 7.98. The van der Waals surface area contributed by atoms with E-state index in [0.717, 1.165) is 48.0 Å². The van der Waals surface area contributed by atoms with Crippen LogP contribution in [-0.2, 0) is 10.0 Å². The molecule has 1 aliphatic carbocycles. The molecule has 0 aliphatic heterocycles. The minimum Gasteiger partial charge on any atom is -0.356 e. The third kappa shape index (κ3) is 4.33. The van der Waals surface area contributed by atoms with Gasteiger partial charge in [-0.1, -0.05) is 0 Å². The maximum atomic E-state index is 13.1. The molecule has 3 aromatic rings. The summed E-state index contributed by atoms with van der Waals surface area (Å²) in [6, 6.07) is 8.20. The molecular weight excluding hydrogens is 391 g/mol. The van der Waals surface area contributed by atoms with Gasteiger partial charge in [0, 0.05) is 17.3 Å². The highest BCUT2D eigenvalue weighted by Crippen LogP contribution is 2.34. The van der Waals surface area contributed by atoms with Gasteiger partial charge in [0.15, 0.2) is 5.82 Å². The van der Waals surface area contributed by atoms with E-state index in [0.29, 0.717) is 11.7 Å². The standard InChI is InChI=1S/C21H25FN4O2S/c1-13(2)29(27,28)26-17-9-5-14(6-10-17)18-11-19-20(24-18)12-23-21(25-19)15-3-7-16(22)8-4-15/h3-4,7-8,11-14,17,24,26H,5-6,9-10H2,1-2H3. The Hall–Kier alpha value is -2.32. The largest absolute Gasteiger partial charge is 0.356 e. The minimum absolute atomic E-state index is 0.00731. The first-order chi connectivity index (χ1) is 13.8. The average molecular weight is 417 g/mol. The van der Waals surface area contributed by atoms with Gasteiger partial charge in [-0.2, -0.15) is 0 Å². The lowest BCUT2D eigenvalue weighted by Gasteiger charge is -2.29. The number of nitrogens with one attached hydrogen (secondary N) is 2. The molecule has 1 fully saturated rings. The monoisotopic (exact) mass is 416 g/mol. The van der Waals surface area contributed by atoms with Crippen LogP contribution >= 0.6 is 0 Å². The van der Waals surface area contributed by atoms with Gasteiger partial charge in [-0.15, -0.1) is 0 Å². The molecule has 8 heteroatoms. The van der Waals surface area contributed by atoms with E-state index in [2.05, 4.69) is 19.7 Å². The van der Waals surface area contributed by atoms with Crippen molar-refractivity contribution in [2.24, 2.45) is 0 Å². The molecular formula is C21H25FN4O2S. The predicted octanol–water partition coefficient (Wildman–Crippen LogP) is 4.12. The molecule has 1 saturated carbocycles. The molecule has 0 saturated heterocycles. The molecule has 0 unspecified atom stereocenters. The van der Waals surface area contributed by atoms with Crippen molar-refractivity contribution in [2.75, 3.05) is 0 Å². The van der Waals surface area contributed by atoms with Gasteiger partial charge in [0.2, 0.25) is 10.0 Å². The molecule has 2 heterocycles. The normalized spacial score (nSPS) is 20.4. The Bertz CT molecular complexity index is 1100. The fourth-order valence-electron chi connectivity index (χ4n) is 3.79. The molecule has 0 radical (unpaired) electrons. The zero-order valence-corrected chi connectivity index (χ0v) is 17.3. The van der Waals surface area contributed by atoms with Gasteiger partial charge in [-0.05, 0) is 75.8 Å². The zero-order valence-electron chi connectivity index (χ0n) is 16.5. The lowest BCUT2D eigenvalue weighted by molar-refractivity contribution is 0.370. The summed E-state index contributed by atoms with van der Waals surface area (Å²) in [7, 11) is -3.23. The maximum absolute atomic E-state index is 13.1. The van der Waals surface area contributed by atoms with Gasteiger partial charge in [0.1, 0.15) is 5.82 Å². The van der Waals surface area contributed by atoms with Gasteiger partial charge >= 0.3 is 0 Å². The van der Waals surface area contributed by atoms with E-state index in [1.165, 1.54) is 12.1 Å². The zero-order chi connectivity index (χ0) is 20.6. The van der Waals surface area contributed by atoms with Gasteiger partial charge in [-0.25, -0.2) is 27.5 Å². The molecule has 0 amide bonds. The molecule has 0 atom stereocenters. The number of aromatic amines is 1. The van der Waals surface area contributed by atoms with Crippen molar-refractivity contribution in [3.8, 4) is 11.4 Å². The topological polar surface area (TPSA) is 87.7 Å². The molecule has 29 heavy (non-hydrogen) atoms. The molecule has 2 N–H and O–H groups in total. The number of hydrogen-bond donors (Lipinski definition) is 2. The van der Waals surface area contributed by atoms with Gasteiger partial charge < -0.3 is 4.98 Å². The van der Waals surface area contributed by atoms with Crippen molar-refractivity contribution in [1.29, 1.82) is 0 Å². The van der Waals surface area contributed by atoms with Crippen LogP contribution in [0.15, 0.2) is 36.5 Å². The summed E-state index contributed by atoms with van der Waals surface area (Å²) >= 11 is 0.